The van der Waals surface area contributed by atoms with Crippen LogP contribution in [0.2, 0.25) is 0 Å². The third-order valence-corrected chi connectivity index (χ3v) is 8.30. The predicted molar refractivity (Wildman–Crippen MR) is 140 cm³/mol. The Balaban J connectivity index is 1.46. The number of rotatable bonds is 7. The molecule has 0 spiro atoms. The van der Waals surface area contributed by atoms with Crippen LogP contribution in [0.5, 0.6) is 0 Å². The van der Waals surface area contributed by atoms with E-state index < -0.39 is 47.5 Å². The lowest BCUT2D eigenvalue weighted by atomic mass is 9.30. The summed E-state index contributed by atoms with van der Waals surface area (Å²) in [6.45, 7) is -0.927. The molecule has 5 rings (SSSR count). The minimum atomic E-state index is -2.46. The van der Waals surface area contributed by atoms with Crippen LogP contribution in [0.15, 0.2) is 78.9 Å². The first-order valence-corrected chi connectivity index (χ1v) is 12.5. The number of fused-ring (bicyclic) bond motifs is 1. The lowest BCUT2D eigenvalue weighted by molar-refractivity contribution is -0.459. The van der Waals surface area contributed by atoms with Crippen LogP contribution < -0.4 is 10.6 Å². The first kappa shape index (κ1) is 26.9. The van der Waals surface area contributed by atoms with Gasteiger partial charge in [0.2, 0.25) is 0 Å². The molecule has 0 heterocycles. The summed E-state index contributed by atoms with van der Waals surface area (Å²) >= 11 is 0. The monoisotopic (exact) mass is 534 g/mol. The Hall–Kier alpha value is -3.64. The van der Waals surface area contributed by atoms with Crippen molar-refractivity contribution in [1.29, 1.82) is 0 Å². The number of amides is 2. The summed E-state index contributed by atoms with van der Waals surface area (Å²) in [6.07, 6.45) is -3.45. The van der Waals surface area contributed by atoms with Gasteiger partial charge in [-0.1, -0.05) is 42.5 Å². The quantitative estimate of drug-likeness (QED) is 0.210. The van der Waals surface area contributed by atoms with Crippen LogP contribution in [0, 0.1) is 0 Å². The lowest BCUT2D eigenvalue weighted by Gasteiger charge is -2.80. The van der Waals surface area contributed by atoms with E-state index in [4.69, 9.17) is 0 Å². The van der Waals surface area contributed by atoms with E-state index in [0.717, 1.165) is 0 Å². The number of para-hydroxylation sites is 1. The van der Waals surface area contributed by atoms with E-state index in [2.05, 4.69) is 10.6 Å². The Labute approximate surface area is 224 Å². The number of anilines is 1. The Morgan fingerprint density at radius 1 is 0.846 bits per heavy atom. The van der Waals surface area contributed by atoms with E-state index in [-0.39, 0.29) is 17.4 Å². The second-order valence-corrected chi connectivity index (χ2v) is 10.1. The van der Waals surface area contributed by atoms with Gasteiger partial charge in [-0.2, -0.15) is 0 Å². The van der Waals surface area contributed by atoms with Crippen molar-refractivity contribution in [3.63, 3.8) is 0 Å². The Morgan fingerprint density at radius 2 is 1.38 bits per heavy atom. The van der Waals surface area contributed by atoms with Crippen molar-refractivity contribution < 1.29 is 40.2 Å². The standard InChI is InChI=1S/C29H30N2O8/c1-30-25(35)18-13-9-17(10-14-18)23-27(37,21(33)15-32)29(39)22(24(34)28(23,29)38)16-7-11-19(12-8-16)26(36)31-20-5-3-2-4-6-20/h2-14,21-24,32-34,37-39H,15H2,1H3,(H,30,35)(H,31,36)/t21-,22?,23?,24?,27+,28+,29+/m1/s1. The minimum Gasteiger partial charge on any atom is -0.394 e. The number of hydrogen-bond acceptors (Lipinski definition) is 8. The third kappa shape index (κ3) is 3.57. The fraction of sp³-hybridized carbons (Fsp3) is 0.310. The third-order valence-electron chi connectivity index (χ3n) is 8.30. The molecule has 0 aliphatic heterocycles. The molecule has 0 radical (unpaired) electrons. The van der Waals surface area contributed by atoms with Crippen molar-refractivity contribution >= 4 is 17.5 Å². The Bertz CT molecular complexity index is 1380. The molecule has 0 saturated heterocycles. The van der Waals surface area contributed by atoms with Gasteiger partial charge in [0.15, 0.2) is 0 Å². The summed E-state index contributed by atoms with van der Waals surface area (Å²) in [4.78, 5) is 24.5. The maximum atomic E-state index is 12.6. The van der Waals surface area contributed by atoms with E-state index in [1.807, 2.05) is 6.07 Å². The van der Waals surface area contributed by atoms with E-state index in [1.165, 1.54) is 55.6 Å². The molecule has 2 fully saturated rings. The van der Waals surface area contributed by atoms with Crippen molar-refractivity contribution in [2.45, 2.75) is 40.8 Å². The second-order valence-electron chi connectivity index (χ2n) is 10.1. The molecule has 3 unspecified atom stereocenters. The molecule has 204 valence electrons. The van der Waals surface area contributed by atoms with Crippen molar-refractivity contribution in [2.75, 3.05) is 19.0 Å². The highest BCUT2D eigenvalue weighted by Gasteiger charge is 2.93. The van der Waals surface area contributed by atoms with Gasteiger partial charge in [0.1, 0.15) is 22.9 Å². The first-order chi connectivity index (χ1) is 18.5. The van der Waals surface area contributed by atoms with Gasteiger partial charge in [0.05, 0.1) is 18.6 Å². The van der Waals surface area contributed by atoms with E-state index >= 15 is 0 Å². The van der Waals surface area contributed by atoms with Gasteiger partial charge in [-0.05, 0) is 47.5 Å². The van der Waals surface area contributed by atoms with Crippen molar-refractivity contribution in [3.8, 4) is 0 Å². The molecule has 0 bridgehead atoms. The molecule has 2 amide bonds. The summed E-state index contributed by atoms with van der Waals surface area (Å²) in [5.41, 5.74) is -5.42. The summed E-state index contributed by atoms with van der Waals surface area (Å²) < 4.78 is 0. The zero-order valence-electron chi connectivity index (χ0n) is 21.0. The summed E-state index contributed by atoms with van der Waals surface area (Å²) in [7, 11) is 1.47. The van der Waals surface area contributed by atoms with Gasteiger partial charge >= 0.3 is 0 Å². The highest BCUT2D eigenvalue weighted by atomic mass is 16.5. The van der Waals surface area contributed by atoms with Crippen LogP contribution in [-0.4, -0.2) is 85.1 Å². The van der Waals surface area contributed by atoms with Gasteiger partial charge in [-0.25, -0.2) is 0 Å². The molecular formula is C29H30N2O8. The van der Waals surface area contributed by atoms with Crippen LogP contribution in [0.3, 0.4) is 0 Å². The molecule has 8 N–H and O–H groups in total. The molecular weight excluding hydrogens is 504 g/mol. The number of hydrogen-bond donors (Lipinski definition) is 8. The van der Waals surface area contributed by atoms with Gasteiger partial charge < -0.3 is 41.3 Å². The normalized spacial score (nSPS) is 31.7. The largest absolute Gasteiger partial charge is 0.394 e. The Kier molecular flexibility index (Phi) is 6.58. The molecule has 10 nitrogen and oxygen atoms in total. The van der Waals surface area contributed by atoms with E-state index in [1.54, 1.807) is 24.3 Å². The average molecular weight is 535 g/mol. The maximum absolute atomic E-state index is 12.6. The smallest absolute Gasteiger partial charge is 0.255 e. The first-order valence-electron chi connectivity index (χ1n) is 12.5. The molecule has 39 heavy (non-hydrogen) atoms. The van der Waals surface area contributed by atoms with E-state index in [0.29, 0.717) is 22.4 Å². The average Bonchev–Trinajstić information content (AvgIpc) is 2.97. The van der Waals surface area contributed by atoms with Gasteiger partial charge in [0, 0.05) is 29.8 Å². The summed E-state index contributed by atoms with van der Waals surface area (Å²) in [6, 6.07) is 20.6. The molecule has 3 aromatic rings. The summed E-state index contributed by atoms with van der Waals surface area (Å²) in [5.74, 6) is -3.38. The van der Waals surface area contributed by atoms with Crippen LogP contribution >= 0.6 is 0 Å². The number of carbonyl (C=O) groups excluding carboxylic acids is 2. The van der Waals surface area contributed by atoms with Crippen molar-refractivity contribution in [2.24, 2.45) is 0 Å². The number of nitrogens with one attached hydrogen (secondary N) is 2. The Morgan fingerprint density at radius 3 is 1.92 bits per heavy atom. The fourth-order valence-corrected chi connectivity index (χ4v) is 6.35. The van der Waals surface area contributed by atoms with Crippen molar-refractivity contribution in [1.82, 2.24) is 5.32 Å². The number of carbonyl (C=O) groups is 2. The SMILES string of the molecule is CNC(=O)c1ccc(C2[C@]3(O)C(O)C(c4ccc(C(=O)Nc5ccccc5)cc4)[C@]3(O)[C@]2(O)[C@H](O)CO)cc1. The molecule has 2 saturated carbocycles. The molecule has 7 atom stereocenters. The maximum Gasteiger partial charge on any atom is 0.255 e. The fourth-order valence-electron chi connectivity index (χ4n) is 6.35. The van der Waals surface area contributed by atoms with E-state index in [9.17, 15) is 40.2 Å². The number of benzene rings is 3. The predicted octanol–water partition coefficient (Wildman–Crippen LogP) is 0.101. The molecule has 2 aliphatic carbocycles. The molecule has 0 aromatic heterocycles. The summed E-state index contributed by atoms with van der Waals surface area (Å²) in [5, 5.41) is 71.8. The topological polar surface area (TPSA) is 180 Å². The van der Waals surface area contributed by atoms with Gasteiger partial charge in [0.25, 0.3) is 11.8 Å². The molecule has 2 aliphatic rings. The molecule has 10 heteroatoms. The van der Waals surface area contributed by atoms with Gasteiger partial charge in [-0.3, -0.25) is 9.59 Å². The number of aliphatic hydroxyl groups is 6. The van der Waals surface area contributed by atoms with Crippen LogP contribution in [0.4, 0.5) is 5.69 Å². The molecule has 3 aromatic carbocycles. The van der Waals surface area contributed by atoms with Crippen LogP contribution in [0.25, 0.3) is 0 Å². The highest BCUT2D eigenvalue weighted by molar-refractivity contribution is 6.04. The zero-order valence-corrected chi connectivity index (χ0v) is 21.0. The number of aliphatic hydroxyl groups excluding tert-OH is 3. The van der Waals surface area contributed by atoms with Crippen LogP contribution in [0.1, 0.15) is 43.7 Å². The van der Waals surface area contributed by atoms with Crippen molar-refractivity contribution in [3.05, 3.63) is 101 Å². The minimum absolute atomic E-state index is 0.246. The van der Waals surface area contributed by atoms with Crippen LogP contribution in [-0.2, 0) is 0 Å². The van der Waals surface area contributed by atoms with Gasteiger partial charge in [-0.15, -0.1) is 0 Å². The highest BCUT2D eigenvalue weighted by Crippen LogP contribution is 2.75. The zero-order chi connectivity index (χ0) is 28.2. The lowest BCUT2D eigenvalue weighted by Crippen LogP contribution is -2.99. The second kappa shape index (κ2) is 9.53.